The van der Waals surface area contributed by atoms with Crippen molar-refractivity contribution in [3.05, 3.63) is 63.6 Å². The molecule has 0 aromatic heterocycles. The van der Waals surface area contributed by atoms with Crippen molar-refractivity contribution in [2.24, 2.45) is 0 Å². The van der Waals surface area contributed by atoms with Crippen molar-refractivity contribution < 1.29 is 14.6 Å². The van der Waals surface area contributed by atoms with E-state index in [4.69, 9.17) is 4.74 Å². The fourth-order valence-corrected chi connectivity index (χ4v) is 3.51. The number of fused-ring (bicyclic) bond motifs is 1. The molecule has 0 heterocycles. The van der Waals surface area contributed by atoms with Crippen molar-refractivity contribution in [3.8, 4) is 5.75 Å². The number of aryl methyl sites for hydroxylation is 1. The lowest BCUT2D eigenvalue weighted by molar-refractivity contribution is 0.0260. The van der Waals surface area contributed by atoms with Crippen LogP contribution < -0.4 is 10.1 Å². The zero-order valence-corrected chi connectivity index (χ0v) is 15.1. The highest BCUT2D eigenvalue weighted by Crippen LogP contribution is 2.28. The van der Waals surface area contributed by atoms with Crippen molar-refractivity contribution >= 4 is 21.8 Å². The predicted molar refractivity (Wildman–Crippen MR) is 96.4 cm³/mol. The molecule has 5 heteroatoms. The summed E-state index contributed by atoms with van der Waals surface area (Å²) < 4.78 is 5.86. The molecule has 0 fully saturated rings. The number of aliphatic hydroxyl groups is 1. The van der Waals surface area contributed by atoms with Crippen LogP contribution in [-0.2, 0) is 12.8 Å². The molecule has 1 aliphatic rings. The van der Waals surface area contributed by atoms with Crippen molar-refractivity contribution in [3.63, 3.8) is 0 Å². The van der Waals surface area contributed by atoms with Crippen LogP contribution in [-0.4, -0.2) is 30.3 Å². The SMILES string of the molecule is COc1ccc(Br)c(C(=O)NCC2(O)CCc3ccccc3C2)c1. The molecule has 0 saturated carbocycles. The standard InChI is InChI=1S/C19H20BrNO3/c1-24-15-6-7-17(20)16(10-15)18(22)21-12-19(23)9-8-13-4-2-3-5-14(13)11-19/h2-7,10,23H,8-9,11-12H2,1H3,(H,21,22). The van der Waals surface area contributed by atoms with E-state index in [1.807, 2.05) is 18.2 Å². The molecular formula is C19H20BrNO3. The van der Waals surface area contributed by atoms with Gasteiger partial charge in [-0.3, -0.25) is 4.79 Å². The summed E-state index contributed by atoms with van der Waals surface area (Å²) in [6, 6.07) is 13.4. The first-order chi connectivity index (χ1) is 11.5. The van der Waals surface area contributed by atoms with Gasteiger partial charge in [0, 0.05) is 17.4 Å². The highest BCUT2D eigenvalue weighted by molar-refractivity contribution is 9.10. The number of rotatable bonds is 4. The number of halogens is 1. The Labute approximate surface area is 150 Å². The van der Waals surface area contributed by atoms with Gasteiger partial charge in [-0.05, 0) is 58.1 Å². The third-order valence-corrected chi connectivity index (χ3v) is 5.19. The average Bonchev–Trinajstić information content (AvgIpc) is 2.60. The summed E-state index contributed by atoms with van der Waals surface area (Å²) in [4.78, 5) is 12.5. The van der Waals surface area contributed by atoms with Gasteiger partial charge in [-0.1, -0.05) is 24.3 Å². The summed E-state index contributed by atoms with van der Waals surface area (Å²) in [6.45, 7) is 0.226. The molecule has 0 spiro atoms. The van der Waals surface area contributed by atoms with Crippen molar-refractivity contribution in [2.45, 2.75) is 24.9 Å². The monoisotopic (exact) mass is 389 g/mol. The minimum Gasteiger partial charge on any atom is -0.497 e. The maximum Gasteiger partial charge on any atom is 0.252 e. The molecule has 1 aliphatic carbocycles. The first kappa shape index (κ1) is 17.0. The summed E-state index contributed by atoms with van der Waals surface area (Å²) in [5.74, 6) is 0.390. The Bertz CT molecular complexity index is 762. The number of methoxy groups -OCH3 is 1. The molecule has 1 amide bonds. The Hall–Kier alpha value is -1.85. The number of benzene rings is 2. The molecular weight excluding hydrogens is 370 g/mol. The lowest BCUT2D eigenvalue weighted by Gasteiger charge is -2.33. The largest absolute Gasteiger partial charge is 0.497 e. The van der Waals surface area contributed by atoms with Crippen LogP contribution in [0.3, 0.4) is 0 Å². The maximum atomic E-state index is 12.5. The summed E-state index contributed by atoms with van der Waals surface area (Å²) in [5.41, 5.74) is 2.02. The Morgan fingerprint density at radius 2 is 2.04 bits per heavy atom. The molecule has 1 atom stereocenters. The molecule has 0 aliphatic heterocycles. The van der Waals surface area contributed by atoms with Crippen LogP contribution in [0.2, 0.25) is 0 Å². The summed E-state index contributed by atoms with van der Waals surface area (Å²) in [5, 5.41) is 13.7. The first-order valence-electron chi connectivity index (χ1n) is 7.92. The fourth-order valence-electron chi connectivity index (χ4n) is 3.08. The van der Waals surface area contributed by atoms with Crippen LogP contribution in [0.4, 0.5) is 0 Å². The van der Waals surface area contributed by atoms with Crippen LogP contribution >= 0.6 is 15.9 Å². The van der Waals surface area contributed by atoms with E-state index in [-0.39, 0.29) is 12.5 Å². The quantitative estimate of drug-likeness (QED) is 0.844. The second-order valence-corrected chi connectivity index (χ2v) is 7.05. The number of carbonyl (C=O) groups is 1. The van der Waals surface area contributed by atoms with Gasteiger partial charge in [-0.2, -0.15) is 0 Å². The van der Waals surface area contributed by atoms with Gasteiger partial charge in [-0.25, -0.2) is 0 Å². The average molecular weight is 390 g/mol. The molecule has 126 valence electrons. The Morgan fingerprint density at radius 1 is 1.29 bits per heavy atom. The molecule has 3 rings (SSSR count). The smallest absolute Gasteiger partial charge is 0.252 e. The van der Waals surface area contributed by atoms with Gasteiger partial charge in [0.1, 0.15) is 5.75 Å². The lowest BCUT2D eigenvalue weighted by Crippen LogP contribution is -2.46. The van der Waals surface area contributed by atoms with Crippen LogP contribution in [0.5, 0.6) is 5.75 Å². The van der Waals surface area contributed by atoms with Crippen LogP contribution in [0.15, 0.2) is 46.9 Å². The molecule has 0 bridgehead atoms. The molecule has 2 aromatic rings. The van der Waals surface area contributed by atoms with E-state index in [0.717, 1.165) is 12.0 Å². The molecule has 1 unspecified atom stereocenters. The zero-order chi connectivity index (χ0) is 17.2. The van der Waals surface area contributed by atoms with Gasteiger partial charge >= 0.3 is 0 Å². The molecule has 2 N–H and O–H groups in total. The Balaban J connectivity index is 1.68. The fraction of sp³-hybridized carbons (Fsp3) is 0.316. The van der Waals surface area contributed by atoms with E-state index in [1.165, 1.54) is 5.56 Å². The predicted octanol–water partition coefficient (Wildman–Crippen LogP) is 3.11. The zero-order valence-electron chi connectivity index (χ0n) is 13.5. The van der Waals surface area contributed by atoms with Gasteiger partial charge in [0.15, 0.2) is 0 Å². The van der Waals surface area contributed by atoms with E-state index < -0.39 is 5.60 Å². The molecule has 0 radical (unpaired) electrons. The molecule has 4 nitrogen and oxygen atoms in total. The molecule has 24 heavy (non-hydrogen) atoms. The number of amides is 1. The van der Waals surface area contributed by atoms with E-state index in [0.29, 0.717) is 28.6 Å². The minimum absolute atomic E-state index is 0.226. The molecule has 2 aromatic carbocycles. The Kier molecular flexibility index (Phi) is 4.92. The molecule has 0 saturated heterocycles. The van der Waals surface area contributed by atoms with Gasteiger partial charge in [-0.15, -0.1) is 0 Å². The van der Waals surface area contributed by atoms with Gasteiger partial charge in [0.05, 0.1) is 18.3 Å². The Morgan fingerprint density at radius 3 is 2.79 bits per heavy atom. The number of hydrogen-bond acceptors (Lipinski definition) is 3. The number of carbonyl (C=O) groups excluding carboxylic acids is 1. The summed E-state index contributed by atoms with van der Waals surface area (Å²) in [7, 11) is 1.56. The van der Waals surface area contributed by atoms with Gasteiger partial charge in [0.25, 0.3) is 5.91 Å². The second kappa shape index (κ2) is 6.95. The van der Waals surface area contributed by atoms with Crippen LogP contribution in [0.25, 0.3) is 0 Å². The summed E-state index contributed by atoms with van der Waals surface area (Å²) >= 11 is 3.38. The summed E-state index contributed by atoms with van der Waals surface area (Å²) in [6.07, 6.45) is 2.03. The van der Waals surface area contributed by atoms with Crippen molar-refractivity contribution in [2.75, 3.05) is 13.7 Å². The number of hydrogen-bond donors (Lipinski definition) is 2. The van der Waals surface area contributed by atoms with Crippen LogP contribution in [0, 0.1) is 0 Å². The third kappa shape index (κ3) is 3.62. The van der Waals surface area contributed by atoms with Crippen molar-refractivity contribution in [1.82, 2.24) is 5.32 Å². The lowest BCUT2D eigenvalue weighted by atomic mass is 9.80. The maximum absolute atomic E-state index is 12.5. The highest BCUT2D eigenvalue weighted by atomic mass is 79.9. The minimum atomic E-state index is -0.907. The van der Waals surface area contributed by atoms with Gasteiger partial charge in [0.2, 0.25) is 0 Å². The number of nitrogens with one attached hydrogen (secondary N) is 1. The van der Waals surface area contributed by atoms with E-state index in [1.54, 1.807) is 25.3 Å². The van der Waals surface area contributed by atoms with E-state index in [2.05, 4.69) is 27.3 Å². The van der Waals surface area contributed by atoms with E-state index in [9.17, 15) is 9.90 Å². The highest BCUT2D eigenvalue weighted by Gasteiger charge is 2.32. The van der Waals surface area contributed by atoms with Crippen molar-refractivity contribution in [1.29, 1.82) is 0 Å². The topological polar surface area (TPSA) is 58.6 Å². The second-order valence-electron chi connectivity index (χ2n) is 6.20. The normalized spacial score (nSPS) is 19.5. The van der Waals surface area contributed by atoms with Gasteiger partial charge < -0.3 is 15.2 Å². The first-order valence-corrected chi connectivity index (χ1v) is 8.71. The van der Waals surface area contributed by atoms with Crippen LogP contribution in [0.1, 0.15) is 27.9 Å². The van der Waals surface area contributed by atoms with E-state index >= 15 is 0 Å². The third-order valence-electron chi connectivity index (χ3n) is 4.49. The number of ether oxygens (including phenoxy) is 1.